The summed E-state index contributed by atoms with van der Waals surface area (Å²) in [6.45, 7) is 5.47. The second kappa shape index (κ2) is 8.98. The number of carbonyl (C=O) groups is 2. The lowest BCUT2D eigenvalue weighted by Gasteiger charge is -2.39. The second-order valence-electron chi connectivity index (χ2n) is 9.52. The van der Waals surface area contributed by atoms with Gasteiger partial charge in [0.2, 0.25) is 5.91 Å². The Morgan fingerprint density at radius 3 is 2.68 bits per heavy atom. The molecule has 3 aliphatic heterocycles. The first-order chi connectivity index (χ1) is 16.4. The fourth-order valence-electron chi connectivity index (χ4n) is 5.74. The van der Waals surface area contributed by atoms with Crippen molar-refractivity contribution >= 4 is 17.5 Å². The molecule has 1 N–H and O–H groups in total. The van der Waals surface area contributed by atoms with Crippen molar-refractivity contribution < 1.29 is 23.1 Å². The molecule has 8 heteroatoms. The number of piperidine rings is 1. The van der Waals surface area contributed by atoms with E-state index in [1.807, 2.05) is 25.1 Å². The third-order valence-electron chi connectivity index (χ3n) is 7.48. The van der Waals surface area contributed by atoms with Gasteiger partial charge in [-0.2, -0.15) is 0 Å². The van der Waals surface area contributed by atoms with Crippen LogP contribution in [-0.4, -0.2) is 61.6 Å². The van der Waals surface area contributed by atoms with Gasteiger partial charge in [0, 0.05) is 49.8 Å². The first-order valence-corrected chi connectivity index (χ1v) is 11.9. The zero-order valence-corrected chi connectivity index (χ0v) is 19.3. The highest BCUT2D eigenvalue weighted by Crippen LogP contribution is 2.42. The number of benzene rings is 2. The molecule has 2 aromatic rings. The Morgan fingerprint density at radius 2 is 1.94 bits per heavy atom. The fourth-order valence-corrected chi connectivity index (χ4v) is 5.74. The molecule has 2 aromatic carbocycles. The van der Waals surface area contributed by atoms with Crippen molar-refractivity contribution in [1.29, 1.82) is 0 Å². The van der Waals surface area contributed by atoms with E-state index in [2.05, 4.69) is 10.2 Å². The summed E-state index contributed by atoms with van der Waals surface area (Å²) in [7, 11) is 0. The van der Waals surface area contributed by atoms with Gasteiger partial charge in [0.1, 0.15) is 0 Å². The van der Waals surface area contributed by atoms with E-state index < -0.39 is 17.2 Å². The average molecular weight is 470 g/mol. The number of morpholine rings is 1. The summed E-state index contributed by atoms with van der Waals surface area (Å²) in [5, 5.41) is 3.12. The Bertz CT molecular complexity index is 1120. The molecule has 180 valence electrons. The molecule has 0 aromatic heterocycles. The fraction of sp³-hybridized carbons (Fsp3) is 0.462. The molecule has 2 amide bonds. The van der Waals surface area contributed by atoms with Crippen molar-refractivity contribution in [2.45, 2.75) is 37.6 Å². The number of nitrogens with zero attached hydrogens (tertiary/aromatic N) is 2. The van der Waals surface area contributed by atoms with Gasteiger partial charge in [0.15, 0.2) is 11.6 Å². The smallest absolute Gasteiger partial charge is 0.254 e. The maximum atomic E-state index is 14.1. The van der Waals surface area contributed by atoms with Crippen molar-refractivity contribution in [1.82, 2.24) is 10.2 Å². The van der Waals surface area contributed by atoms with Gasteiger partial charge in [0.25, 0.3) is 5.91 Å². The van der Waals surface area contributed by atoms with Gasteiger partial charge >= 0.3 is 0 Å². The summed E-state index contributed by atoms with van der Waals surface area (Å²) in [5.41, 5.74) is 2.45. The topological polar surface area (TPSA) is 61.9 Å². The van der Waals surface area contributed by atoms with Crippen LogP contribution in [0.4, 0.5) is 14.5 Å². The molecule has 0 bridgehead atoms. The van der Waals surface area contributed by atoms with Gasteiger partial charge in [0.05, 0.1) is 18.8 Å². The molecule has 2 atom stereocenters. The standard InChI is InChI=1S/C26H29F2N3O3/c1-17-19(4-2-5-23(17)30-10-12-34-13-11-30)25(33)31-15-20(18-7-8-21(27)22(28)14-18)26(16-31)9-3-6-24(32)29-26/h2,4-5,7-8,14,20H,3,6,9-13,15-16H2,1H3,(H,29,32)/t20-,26+/m0/s1. The van der Waals surface area contributed by atoms with E-state index in [0.717, 1.165) is 30.4 Å². The Morgan fingerprint density at radius 1 is 1.15 bits per heavy atom. The van der Waals surface area contributed by atoms with Crippen LogP contribution in [0.3, 0.4) is 0 Å². The molecule has 0 radical (unpaired) electrons. The van der Waals surface area contributed by atoms with Crippen LogP contribution in [0.1, 0.15) is 46.7 Å². The maximum Gasteiger partial charge on any atom is 0.254 e. The van der Waals surface area contributed by atoms with Crippen LogP contribution in [0.5, 0.6) is 0 Å². The molecule has 3 saturated heterocycles. The monoisotopic (exact) mass is 469 g/mol. The maximum absolute atomic E-state index is 14.1. The molecule has 1 spiro atoms. The third-order valence-corrected chi connectivity index (χ3v) is 7.48. The van der Waals surface area contributed by atoms with Crippen LogP contribution in [0.25, 0.3) is 0 Å². The zero-order chi connectivity index (χ0) is 23.9. The number of halogens is 2. The summed E-state index contributed by atoms with van der Waals surface area (Å²) in [6, 6.07) is 9.62. The Kier molecular flexibility index (Phi) is 6.02. The van der Waals surface area contributed by atoms with Crippen LogP contribution in [-0.2, 0) is 9.53 Å². The van der Waals surface area contributed by atoms with Gasteiger partial charge in [-0.1, -0.05) is 12.1 Å². The molecule has 3 aliphatic rings. The highest BCUT2D eigenvalue weighted by Gasteiger charge is 2.51. The van der Waals surface area contributed by atoms with Gasteiger partial charge in [-0.15, -0.1) is 0 Å². The van der Waals surface area contributed by atoms with E-state index in [9.17, 15) is 18.4 Å². The first-order valence-electron chi connectivity index (χ1n) is 11.9. The third kappa shape index (κ3) is 4.04. The van der Waals surface area contributed by atoms with Crippen LogP contribution in [0.2, 0.25) is 0 Å². The number of anilines is 1. The van der Waals surface area contributed by atoms with E-state index in [1.54, 1.807) is 11.0 Å². The lowest BCUT2D eigenvalue weighted by Crippen LogP contribution is -2.56. The van der Waals surface area contributed by atoms with Crippen molar-refractivity contribution in [3.63, 3.8) is 0 Å². The Hall–Kier alpha value is -3.00. The predicted molar refractivity (Wildman–Crippen MR) is 124 cm³/mol. The molecule has 6 nitrogen and oxygen atoms in total. The van der Waals surface area contributed by atoms with Crippen LogP contribution < -0.4 is 10.2 Å². The van der Waals surface area contributed by atoms with E-state index in [-0.39, 0.29) is 17.7 Å². The molecule has 5 rings (SSSR count). The van der Waals surface area contributed by atoms with Gasteiger partial charge in [-0.25, -0.2) is 8.78 Å². The van der Waals surface area contributed by atoms with Gasteiger partial charge in [-0.3, -0.25) is 9.59 Å². The molecule has 0 aliphatic carbocycles. The normalized spacial score (nSPS) is 25.0. The summed E-state index contributed by atoms with van der Waals surface area (Å²) in [5.74, 6) is -2.34. The number of ether oxygens (including phenoxy) is 1. The minimum Gasteiger partial charge on any atom is -0.378 e. The van der Waals surface area contributed by atoms with Crippen molar-refractivity contribution in [3.05, 3.63) is 64.7 Å². The number of hydrogen-bond acceptors (Lipinski definition) is 4. The number of carbonyl (C=O) groups excluding carboxylic acids is 2. The SMILES string of the molecule is Cc1c(C(=O)N2C[C@@H](c3ccc(F)c(F)c3)[C@@]3(CCCC(=O)N3)C2)cccc1N1CCOCC1. The minimum absolute atomic E-state index is 0.0707. The van der Waals surface area contributed by atoms with Crippen molar-refractivity contribution in [2.75, 3.05) is 44.3 Å². The lowest BCUT2D eigenvalue weighted by atomic mass is 9.76. The van der Waals surface area contributed by atoms with E-state index in [1.165, 1.54) is 6.07 Å². The molecular formula is C26H29F2N3O3. The largest absolute Gasteiger partial charge is 0.378 e. The van der Waals surface area contributed by atoms with Crippen molar-refractivity contribution in [3.8, 4) is 0 Å². The summed E-state index contributed by atoms with van der Waals surface area (Å²) in [6.07, 6.45) is 1.81. The number of likely N-dealkylation sites (tertiary alicyclic amines) is 1. The van der Waals surface area contributed by atoms with E-state index in [0.29, 0.717) is 56.7 Å². The number of hydrogen-bond donors (Lipinski definition) is 1. The van der Waals surface area contributed by atoms with E-state index in [4.69, 9.17) is 4.74 Å². The summed E-state index contributed by atoms with van der Waals surface area (Å²) in [4.78, 5) is 30.1. The zero-order valence-electron chi connectivity index (χ0n) is 19.3. The number of rotatable bonds is 3. The number of amides is 2. The van der Waals surface area contributed by atoms with Gasteiger partial charge in [-0.05, 0) is 55.2 Å². The first kappa shape index (κ1) is 22.8. The highest BCUT2D eigenvalue weighted by atomic mass is 19.2. The molecule has 3 heterocycles. The van der Waals surface area contributed by atoms with Crippen LogP contribution >= 0.6 is 0 Å². The Balaban J connectivity index is 1.47. The average Bonchev–Trinajstić information content (AvgIpc) is 3.19. The summed E-state index contributed by atoms with van der Waals surface area (Å²) < 4.78 is 33.2. The lowest BCUT2D eigenvalue weighted by molar-refractivity contribution is -0.125. The molecule has 3 fully saturated rings. The molecule has 34 heavy (non-hydrogen) atoms. The quantitative estimate of drug-likeness (QED) is 0.749. The molecule has 0 unspecified atom stereocenters. The van der Waals surface area contributed by atoms with Gasteiger partial charge < -0.3 is 19.9 Å². The Labute approximate surface area is 197 Å². The second-order valence-corrected chi connectivity index (χ2v) is 9.52. The minimum atomic E-state index is -0.923. The van der Waals surface area contributed by atoms with E-state index >= 15 is 0 Å². The predicted octanol–water partition coefficient (Wildman–Crippen LogP) is 3.39. The van der Waals surface area contributed by atoms with Crippen LogP contribution in [0, 0.1) is 18.6 Å². The number of nitrogens with one attached hydrogen (secondary N) is 1. The van der Waals surface area contributed by atoms with Crippen molar-refractivity contribution in [2.24, 2.45) is 0 Å². The molecular weight excluding hydrogens is 440 g/mol. The summed E-state index contributed by atoms with van der Waals surface area (Å²) >= 11 is 0. The van der Waals surface area contributed by atoms with Crippen LogP contribution in [0.15, 0.2) is 36.4 Å². The highest BCUT2D eigenvalue weighted by molar-refractivity contribution is 5.97. The molecule has 0 saturated carbocycles.